The molecule has 2 rings (SSSR count). The summed E-state index contributed by atoms with van der Waals surface area (Å²) >= 11 is 1.60. The van der Waals surface area contributed by atoms with Gasteiger partial charge in [-0.25, -0.2) is 0 Å². The van der Waals surface area contributed by atoms with Crippen molar-refractivity contribution < 1.29 is 9.53 Å². The van der Waals surface area contributed by atoms with Crippen molar-refractivity contribution in [2.24, 2.45) is 0 Å². The smallest absolute Gasteiger partial charge is 0.293 e. The van der Waals surface area contributed by atoms with E-state index in [-0.39, 0.29) is 23.8 Å². The Bertz CT molecular complexity index is 634. The van der Waals surface area contributed by atoms with Crippen LogP contribution in [0.4, 0.5) is 0 Å². The van der Waals surface area contributed by atoms with Gasteiger partial charge in [0.1, 0.15) is 6.54 Å². The van der Waals surface area contributed by atoms with Crippen LogP contribution in [0.5, 0.6) is 5.75 Å². The molecule has 5 nitrogen and oxygen atoms in total. The van der Waals surface area contributed by atoms with E-state index in [0.717, 1.165) is 4.88 Å². The van der Waals surface area contributed by atoms with Crippen LogP contribution in [0.25, 0.3) is 0 Å². The van der Waals surface area contributed by atoms with Gasteiger partial charge in [-0.3, -0.25) is 9.59 Å². The van der Waals surface area contributed by atoms with E-state index in [4.69, 9.17) is 4.74 Å². The quantitative estimate of drug-likeness (QED) is 0.840. The van der Waals surface area contributed by atoms with Gasteiger partial charge in [-0.05, 0) is 23.6 Å². The molecule has 0 atom stereocenters. The SMILES string of the molecule is COc1cccn(CC(=O)N(C)Cc2cccs2)c1=O. The summed E-state index contributed by atoms with van der Waals surface area (Å²) < 4.78 is 6.31. The van der Waals surface area contributed by atoms with Gasteiger partial charge in [0, 0.05) is 18.1 Å². The molecular formula is C14H16N2O3S. The van der Waals surface area contributed by atoms with Crippen molar-refractivity contribution in [1.29, 1.82) is 0 Å². The number of carbonyl (C=O) groups excluding carboxylic acids is 1. The third kappa shape index (κ3) is 3.27. The van der Waals surface area contributed by atoms with E-state index < -0.39 is 0 Å². The standard InChI is InChI=1S/C14H16N2O3S/c1-15(9-11-5-4-8-20-11)13(17)10-16-7-3-6-12(19-2)14(16)18/h3-8H,9-10H2,1-2H3. The molecule has 0 bridgehead atoms. The lowest BCUT2D eigenvalue weighted by atomic mass is 10.4. The summed E-state index contributed by atoms with van der Waals surface area (Å²) in [6.45, 7) is 0.563. The Hall–Kier alpha value is -2.08. The highest BCUT2D eigenvalue weighted by Crippen LogP contribution is 2.11. The number of thiophene rings is 1. The zero-order chi connectivity index (χ0) is 14.5. The molecule has 0 spiro atoms. The molecular weight excluding hydrogens is 276 g/mol. The van der Waals surface area contributed by atoms with Gasteiger partial charge in [0.05, 0.1) is 13.7 Å². The van der Waals surface area contributed by atoms with Gasteiger partial charge in [0.15, 0.2) is 5.75 Å². The third-order valence-corrected chi connectivity index (χ3v) is 3.77. The summed E-state index contributed by atoms with van der Waals surface area (Å²) in [6.07, 6.45) is 1.59. The second kappa shape index (κ2) is 6.38. The molecule has 0 aliphatic rings. The molecule has 0 saturated carbocycles. The zero-order valence-corrected chi connectivity index (χ0v) is 12.2. The zero-order valence-electron chi connectivity index (χ0n) is 11.4. The summed E-state index contributed by atoms with van der Waals surface area (Å²) in [5.74, 6) is 0.120. The van der Waals surface area contributed by atoms with Gasteiger partial charge in [-0.2, -0.15) is 0 Å². The summed E-state index contributed by atoms with van der Waals surface area (Å²) in [6, 6.07) is 7.20. The monoisotopic (exact) mass is 292 g/mol. The van der Waals surface area contributed by atoms with Gasteiger partial charge in [-0.1, -0.05) is 6.07 Å². The van der Waals surface area contributed by atoms with Crippen molar-refractivity contribution in [3.63, 3.8) is 0 Å². The van der Waals surface area contributed by atoms with Gasteiger partial charge in [0.25, 0.3) is 5.56 Å². The molecule has 106 valence electrons. The van der Waals surface area contributed by atoms with Crippen LogP contribution in [0.3, 0.4) is 0 Å². The molecule has 2 aromatic rings. The maximum Gasteiger partial charge on any atom is 0.293 e. The van der Waals surface area contributed by atoms with Crippen LogP contribution < -0.4 is 10.3 Å². The average Bonchev–Trinajstić information content (AvgIpc) is 2.94. The molecule has 0 fully saturated rings. The van der Waals surface area contributed by atoms with Gasteiger partial charge in [-0.15, -0.1) is 11.3 Å². The van der Waals surface area contributed by atoms with E-state index in [0.29, 0.717) is 6.54 Å². The Balaban J connectivity index is 2.06. The van der Waals surface area contributed by atoms with Crippen LogP contribution in [-0.4, -0.2) is 29.5 Å². The van der Waals surface area contributed by atoms with Crippen LogP contribution in [0.15, 0.2) is 40.6 Å². The fourth-order valence-electron chi connectivity index (χ4n) is 1.79. The summed E-state index contributed by atoms with van der Waals surface area (Å²) in [4.78, 5) is 26.8. The van der Waals surface area contributed by atoms with Crippen molar-refractivity contribution in [2.75, 3.05) is 14.2 Å². The first kappa shape index (κ1) is 14.3. The molecule has 0 aromatic carbocycles. The first-order valence-electron chi connectivity index (χ1n) is 6.11. The molecule has 0 N–H and O–H groups in total. The number of pyridine rings is 1. The molecule has 1 amide bonds. The predicted octanol–water partition coefficient (Wildman–Crippen LogP) is 1.58. The lowest BCUT2D eigenvalue weighted by Crippen LogP contribution is -2.33. The second-order valence-corrected chi connectivity index (χ2v) is 5.37. The lowest BCUT2D eigenvalue weighted by Gasteiger charge is -2.17. The maximum atomic E-state index is 12.1. The molecule has 0 radical (unpaired) electrons. The molecule has 0 aliphatic carbocycles. The number of nitrogens with zero attached hydrogens (tertiary/aromatic N) is 2. The number of hydrogen-bond acceptors (Lipinski definition) is 4. The van der Waals surface area contributed by atoms with Crippen LogP contribution in [0.1, 0.15) is 4.88 Å². The number of ether oxygens (including phenoxy) is 1. The number of amides is 1. The van der Waals surface area contributed by atoms with E-state index in [1.165, 1.54) is 11.7 Å². The molecule has 0 saturated heterocycles. The Morgan fingerprint density at radius 2 is 2.20 bits per heavy atom. The first-order valence-corrected chi connectivity index (χ1v) is 6.99. The highest BCUT2D eigenvalue weighted by atomic mass is 32.1. The van der Waals surface area contributed by atoms with Gasteiger partial charge in [0.2, 0.25) is 5.91 Å². The number of likely N-dealkylation sites (N-methyl/N-ethyl adjacent to an activating group) is 1. The second-order valence-electron chi connectivity index (χ2n) is 4.34. The van der Waals surface area contributed by atoms with Crippen molar-refractivity contribution >= 4 is 17.2 Å². The van der Waals surface area contributed by atoms with E-state index >= 15 is 0 Å². The predicted molar refractivity (Wildman–Crippen MR) is 78.0 cm³/mol. The van der Waals surface area contributed by atoms with Crippen molar-refractivity contribution in [3.05, 3.63) is 51.1 Å². The topological polar surface area (TPSA) is 51.5 Å². The summed E-state index contributed by atoms with van der Waals surface area (Å²) in [7, 11) is 3.17. The Labute approximate surface area is 121 Å². The first-order chi connectivity index (χ1) is 9.61. The summed E-state index contributed by atoms with van der Waals surface area (Å²) in [5.41, 5.74) is -0.298. The highest BCUT2D eigenvalue weighted by Gasteiger charge is 2.12. The highest BCUT2D eigenvalue weighted by molar-refractivity contribution is 7.09. The molecule has 2 aromatic heterocycles. The lowest BCUT2D eigenvalue weighted by molar-refractivity contribution is -0.131. The minimum atomic E-state index is -0.298. The minimum Gasteiger partial charge on any atom is -0.491 e. The number of rotatable bonds is 5. The summed E-state index contributed by atoms with van der Waals surface area (Å²) in [5, 5.41) is 1.97. The normalized spacial score (nSPS) is 10.3. The molecule has 0 unspecified atom stereocenters. The molecule has 20 heavy (non-hydrogen) atoms. The van der Waals surface area contributed by atoms with E-state index in [1.807, 2.05) is 17.5 Å². The number of aromatic nitrogens is 1. The molecule has 2 heterocycles. The van der Waals surface area contributed by atoms with Gasteiger partial charge >= 0.3 is 0 Å². The Morgan fingerprint density at radius 3 is 2.85 bits per heavy atom. The van der Waals surface area contributed by atoms with Crippen molar-refractivity contribution in [2.45, 2.75) is 13.1 Å². The minimum absolute atomic E-state index is 0.0118. The van der Waals surface area contributed by atoms with Gasteiger partial charge < -0.3 is 14.2 Å². The van der Waals surface area contributed by atoms with E-state index in [9.17, 15) is 9.59 Å². The molecule has 0 aliphatic heterocycles. The van der Waals surface area contributed by atoms with Crippen LogP contribution in [-0.2, 0) is 17.9 Å². The Morgan fingerprint density at radius 1 is 1.40 bits per heavy atom. The maximum absolute atomic E-state index is 12.1. The number of hydrogen-bond donors (Lipinski definition) is 0. The van der Waals surface area contributed by atoms with Crippen molar-refractivity contribution in [1.82, 2.24) is 9.47 Å². The molecule has 6 heteroatoms. The van der Waals surface area contributed by atoms with E-state index in [2.05, 4.69) is 0 Å². The largest absolute Gasteiger partial charge is 0.491 e. The van der Waals surface area contributed by atoms with Crippen LogP contribution in [0.2, 0.25) is 0 Å². The van der Waals surface area contributed by atoms with Crippen LogP contribution in [0, 0.1) is 0 Å². The fourth-order valence-corrected chi connectivity index (χ4v) is 2.54. The fraction of sp³-hybridized carbons (Fsp3) is 0.286. The number of carbonyl (C=O) groups is 1. The Kier molecular flexibility index (Phi) is 4.57. The van der Waals surface area contributed by atoms with Crippen LogP contribution >= 0.6 is 11.3 Å². The van der Waals surface area contributed by atoms with E-state index in [1.54, 1.807) is 41.6 Å². The average molecular weight is 292 g/mol. The third-order valence-electron chi connectivity index (χ3n) is 2.91. The number of methoxy groups -OCH3 is 1. The van der Waals surface area contributed by atoms with Crippen molar-refractivity contribution in [3.8, 4) is 5.75 Å².